The van der Waals surface area contributed by atoms with E-state index in [0.29, 0.717) is 6.61 Å². The molecule has 1 heterocycles. The molecular weight excluding hydrogens is 324 g/mol. The molecule has 0 radical (unpaired) electrons. The monoisotopic (exact) mass is 350 g/mol. The highest BCUT2D eigenvalue weighted by Gasteiger charge is 2.31. The number of allylic oxidation sites excluding steroid dienone is 1. The fourth-order valence-electron chi connectivity index (χ4n) is 3.50. The lowest BCUT2D eigenvalue weighted by molar-refractivity contribution is -0.104. The minimum Gasteiger partial charge on any atom is -0.488 e. The zero-order chi connectivity index (χ0) is 18.7. The third-order valence-corrected chi connectivity index (χ3v) is 4.98. The van der Waals surface area contributed by atoms with E-state index in [4.69, 9.17) is 9.47 Å². The summed E-state index contributed by atoms with van der Waals surface area (Å²) >= 11 is 0. The van der Waals surface area contributed by atoms with Crippen molar-refractivity contribution in [1.29, 1.82) is 0 Å². The maximum absolute atomic E-state index is 10.9. The van der Waals surface area contributed by atoms with Gasteiger partial charge in [-0.2, -0.15) is 0 Å². The van der Waals surface area contributed by atoms with Gasteiger partial charge in [0.1, 0.15) is 30.0 Å². The van der Waals surface area contributed by atoms with Crippen LogP contribution in [0.5, 0.6) is 11.5 Å². The SMILES string of the molecule is Cc1c(C=CC=O)c2c(c(C)c1OCc1ccccc1)CCC(C)(C)O2. The molecule has 0 aliphatic carbocycles. The molecule has 3 rings (SSSR count). The van der Waals surface area contributed by atoms with Crippen LogP contribution in [0.15, 0.2) is 36.4 Å². The van der Waals surface area contributed by atoms with Crippen molar-refractivity contribution in [2.24, 2.45) is 0 Å². The van der Waals surface area contributed by atoms with Gasteiger partial charge in [-0.1, -0.05) is 30.3 Å². The number of hydrogen-bond acceptors (Lipinski definition) is 3. The van der Waals surface area contributed by atoms with E-state index in [1.807, 2.05) is 31.2 Å². The maximum Gasteiger partial charge on any atom is 0.142 e. The minimum atomic E-state index is -0.206. The van der Waals surface area contributed by atoms with Gasteiger partial charge in [0, 0.05) is 16.7 Å². The van der Waals surface area contributed by atoms with Crippen molar-refractivity contribution in [3.05, 3.63) is 64.2 Å². The van der Waals surface area contributed by atoms with Gasteiger partial charge in [0.2, 0.25) is 0 Å². The molecular formula is C23H26O3. The van der Waals surface area contributed by atoms with Crippen LogP contribution < -0.4 is 9.47 Å². The van der Waals surface area contributed by atoms with Crippen molar-refractivity contribution in [3.63, 3.8) is 0 Å². The Morgan fingerprint density at radius 3 is 2.58 bits per heavy atom. The zero-order valence-electron chi connectivity index (χ0n) is 16.0. The van der Waals surface area contributed by atoms with Crippen LogP contribution in [0.3, 0.4) is 0 Å². The van der Waals surface area contributed by atoms with Gasteiger partial charge in [-0.05, 0) is 63.8 Å². The third kappa shape index (κ3) is 3.67. The second-order valence-electron chi connectivity index (χ2n) is 7.43. The average Bonchev–Trinajstić information content (AvgIpc) is 2.61. The van der Waals surface area contributed by atoms with E-state index < -0.39 is 0 Å². The van der Waals surface area contributed by atoms with Gasteiger partial charge >= 0.3 is 0 Å². The Morgan fingerprint density at radius 2 is 1.88 bits per heavy atom. The van der Waals surface area contributed by atoms with E-state index in [1.54, 1.807) is 0 Å². The Kier molecular flexibility index (Phi) is 5.17. The van der Waals surface area contributed by atoms with Crippen molar-refractivity contribution in [3.8, 4) is 11.5 Å². The first-order valence-corrected chi connectivity index (χ1v) is 9.06. The normalized spacial score (nSPS) is 15.4. The first kappa shape index (κ1) is 18.2. The molecule has 1 aliphatic rings. The highest BCUT2D eigenvalue weighted by molar-refractivity contribution is 5.79. The lowest BCUT2D eigenvalue weighted by Gasteiger charge is -2.35. The molecule has 3 nitrogen and oxygen atoms in total. The number of carbonyl (C=O) groups excluding carboxylic acids is 1. The predicted molar refractivity (Wildman–Crippen MR) is 105 cm³/mol. The summed E-state index contributed by atoms with van der Waals surface area (Å²) in [5.74, 6) is 1.78. The Labute approximate surface area is 155 Å². The zero-order valence-corrected chi connectivity index (χ0v) is 16.0. The van der Waals surface area contributed by atoms with Crippen LogP contribution in [0.4, 0.5) is 0 Å². The number of ether oxygens (including phenoxy) is 2. The van der Waals surface area contributed by atoms with E-state index in [9.17, 15) is 4.79 Å². The fourth-order valence-corrected chi connectivity index (χ4v) is 3.50. The molecule has 0 atom stereocenters. The van der Waals surface area contributed by atoms with Crippen LogP contribution in [0.2, 0.25) is 0 Å². The molecule has 0 saturated carbocycles. The third-order valence-electron chi connectivity index (χ3n) is 4.98. The molecule has 0 bridgehead atoms. The summed E-state index contributed by atoms with van der Waals surface area (Å²) < 4.78 is 12.5. The Balaban J connectivity index is 2.05. The summed E-state index contributed by atoms with van der Waals surface area (Å²) in [6, 6.07) is 10.1. The highest BCUT2D eigenvalue weighted by atomic mass is 16.5. The van der Waals surface area contributed by atoms with Crippen LogP contribution >= 0.6 is 0 Å². The van der Waals surface area contributed by atoms with Crippen LogP contribution in [-0.4, -0.2) is 11.9 Å². The predicted octanol–water partition coefficient (Wildman–Crippen LogP) is 5.20. The Morgan fingerprint density at radius 1 is 1.15 bits per heavy atom. The number of carbonyl (C=O) groups is 1. The Bertz CT molecular complexity index is 833. The molecule has 3 heteroatoms. The van der Waals surface area contributed by atoms with Gasteiger partial charge in [-0.15, -0.1) is 0 Å². The molecule has 0 unspecified atom stereocenters. The summed E-state index contributed by atoms with van der Waals surface area (Å²) in [5, 5.41) is 0. The molecule has 0 fully saturated rings. The summed E-state index contributed by atoms with van der Waals surface area (Å²) in [6.07, 6.45) is 6.04. The number of hydrogen-bond donors (Lipinski definition) is 0. The van der Waals surface area contributed by atoms with Gasteiger partial charge in [0.15, 0.2) is 0 Å². The van der Waals surface area contributed by atoms with Crippen molar-refractivity contribution in [1.82, 2.24) is 0 Å². The lowest BCUT2D eigenvalue weighted by Crippen LogP contribution is -2.33. The number of benzene rings is 2. The largest absolute Gasteiger partial charge is 0.488 e. The molecule has 136 valence electrons. The molecule has 2 aromatic rings. The number of fused-ring (bicyclic) bond motifs is 1. The molecule has 0 spiro atoms. The second kappa shape index (κ2) is 7.36. The van der Waals surface area contributed by atoms with E-state index in [-0.39, 0.29) is 5.60 Å². The topological polar surface area (TPSA) is 35.5 Å². The molecule has 1 aliphatic heterocycles. The van der Waals surface area contributed by atoms with Gasteiger partial charge in [0.05, 0.1) is 0 Å². The van der Waals surface area contributed by atoms with E-state index in [2.05, 4.69) is 32.9 Å². The van der Waals surface area contributed by atoms with Crippen molar-refractivity contribution >= 4 is 12.4 Å². The lowest BCUT2D eigenvalue weighted by atomic mass is 9.87. The maximum atomic E-state index is 10.9. The van der Waals surface area contributed by atoms with E-state index in [0.717, 1.165) is 52.9 Å². The second-order valence-corrected chi connectivity index (χ2v) is 7.43. The van der Waals surface area contributed by atoms with Gasteiger partial charge in [0.25, 0.3) is 0 Å². The van der Waals surface area contributed by atoms with Crippen LogP contribution in [0.25, 0.3) is 6.08 Å². The smallest absolute Gasteiger partial charge is 0.142 e. The molecule has 26 heavy (non-hydrogen) atoms. The van der Waals surface area contributed by atoms with Gasteiger partial charge < -0.3 is 9.47 Å². The summed E-state index contributed by atoms with van der Waals surface area (Å²) in [4.78, 5) is 10.9. The number of aldehydes is 1. The molecule has 0 amide bonds. The Hall–Kier alpha value is -2.55. The minimum absolute atomic E-state index is 0.206. The standard InChI is InChI=1S/C23H26O3/c1-16-19(11-8-14-24)22-20(12-13-23(3,4)26-22)17(2)21(16)25-15-18-9-6-5-7-10-18/h5-11,14H,12-13,15H2,1-4H3. The molecule has 0 saturated heterocycles. The highest BCUT2D eigenvalue weighted by Crippen LogP contribution is 2.44. The van der Waals surface area contributed by atoms with Crippen LogP contribution in [0.1, 0.15) is 48.1 Å². The summed E-state index contributed by atoms with van der Waals surface area (Å²) in [6.45, 7) is 8.86. The quantitative estimate of drug-likeness (QED) is 0.549. The summed E-state index contributed by atoms with van der Waals surface area (Å²) in [7, 11) is 0. The first-order chi connectivity index (χ1) is 12.4. The molecule has 0 aromatic heterocycles. The van der Waals surface area contributed by atoms with Crippen molar-refractivity contribution in [2.45, 2.75) is 52.7 Å². The van der Waals surface area contributed by atoms with Gasteiger partial charge in [-0.25, -0.2) is 0 Å². The molecule has 2 aromatic carbocycles. The fraction of sp³-hybridized carbons (Fsp3) is 0.348. The van der Waals surface area contributed by atoms with Crippen molar-refractivity contribution in [2.75, 3.05) is 0 Å². The summed E-state index contributed by atoms with van der Waals surface area (Å²) in [5.41, 5.74) is 5.19. The number of rotatable bonds is 5. The molecule has 0 N–H and O–H groups in total. The first-order valence-electron chi connectivity index (χ1n) is 9.06. The van der Waals surface area contributed by atoms with Crippen molar-refractivity contribution < 1.29 is 14.3 Å². The van der Waals surface area contributed by atoms with E-state index >= 15 is 0 Å². The average molecular weight is 350 g/mol. The van der Waals surface area contributed by atoms with Crippen LogP contribution in [-0.2, 0) is 17.8 Å². The van der Waals surface area contributed by atoms with Gasteiger partial charge in [-0.3, -0.25) is 4.79 Å². The van der Waals surface area contributed by atoms with Crippen LogP contribution in [0, 0.1) is 13.8 Å². The van der Waals surface area contributed by atoms with E-state index in [1.165, 1.54) is 11.6 Å².